The van der Waals surface area contributed by atoms with E-state index in [1.54, 1.807) is 24.3 Å². The first kappa shape index (κ1) is 23.3. The van der Waals surface area contributed by atoms with E-state index in [-0.39, 0.29) is 41.4 Å². The van der Waals surface area contributed by atoms with Crippen LogP contribution in [0.15, 0.2) is 34.1 Å². The van der Waals surface area contributed by atoms with Crippen LogP contribution in [0.25, 0.3) is 0 Å². The van der Waals surface area contributed by atoms with Crippen LogP contribution in [0.1, 0.15) is 46.0 Å². The van der Waals surface area contributed by atoms with Crippen LogP contribution in [0, 0.1) is 0 Å². The monoisotopic (exact) mass is 420 g/mol. The van der Waals surface area contributed by atoms with E-state index < -0.39 is 9.84 Å². The molecule has 26 heavy (non-hydrogen) atoms. The van der Waals surface area contributed by atoms with Crippen molar-refractivity contribution in [1.29, 1.82) is 0 Å². The zero-order valence-electron chi connectivity index (χ0n) is 15.3. The molecular weight excluding hydrogens is 392 g/mol. The Balaban J connectivity index is 0.00000338. The predicted octanol–water partition coefficient (Wildman–Crippen LogP) is 3.16. The summed E-state index contributed by atoms with van der Waals surface area (Å²) in [5.41, 5.74) is 5.90. The third-order valence-electron chi connectivity index (χ3n) is 4.45. The smallest absolute Gasteiger partial charge is 0.233 e. The third-order valence-corrected chi connectivity index (χ3v) is 7.73. The highest BCUT2D eigenvalue weighted by molar-refractivity contribution is 8.01. The first-order valence-corrected chi connectivity index (χ1v) is 11.4. The Morgan fingerprint density at radius 2 is 1.88 bits per heavy atom. The summed E-state index contributed by atoms with van der Waals surface area (Å²) < 4.78 is 24.9. The van der Waals surface area contributed by atoms with E-state index in [0.29, 0.717) is 16.2 Å². The number of nitrogens with one attached hydrogen (secondary N) is 1. The van der Waals surface area contributed by atoms with Gasteiger partial charge >= 0.3 is 0 Å². The molecule has 1 amide bonds. The van der Waals surface area contributed by atoms with Crippen LogP contribution in [0.5, 0.6) is 0 Å². The maximum atomic E-state index is 12.5. The van der Waals surface area contributed by atoms with Crippen LogP contribution in [-0.2, 0) is 14.6 Å². The standard InChI is InChI=1S/C18H28N2O3S2.ClH/c1-3-12-25(22,23)17-7-5-4-6-16(17)24-13(2)18(21)20-15-10-8-14(19)9-11-15;/h4-7,13-15H,3,8-12,19H2,1-2H3,(H,20,21);1H. The maximum Gasteiger partial charge on any atom is 0.233 e. The Labute approximate surface area is 167 Å². The molecular formula is C18H29ClN2O3S2. The maximum absolute atomic E-state index is 12.5. The molecule has 1 unspecified atom stereocenters. The number of thioether (sulfide) groups is 1. The summed E-state index contributed by atoms with van der Waals surface area (Å²) in [4.78, 5) is 13.4. The minimum Gasteiger partial charge on any atom is -0.352 e. The Morgan fingerprint density at radius 1 is 1.27 bits per heavy atom. The van der Waals surface area contributed by atoms with Gasteiger partial charge < -0.3 is 11.1 Å². The quantitative estimate of drug-likeness (QED) is 0.661. The van der Waals surface area contributed by atoms with Crippen LogP contribution in [0.2, 0.25) is 0 Å². The van der Waals surface area contributed by atoms with Gasteiger partial charge in [0, 0.05) is 17.0 Å². The van der Waals surface area contributed by atoms with E-state index in [4.69, 9.17) is 5.73 Å². The Hall–Kier alpha value is -0.760. The average Bonchev–Trinajstić information content (AvgIpc) is 2.57. The molecule has 1 atom stereocenters. The molecule has 0 bridgehead atoms. The molecule has 8 heteroatoms. The topological polar surface area (TPSA) is 89.3 Å². The molecule has 1 aromatic carbocycles. The number of halogens is 1. The van der Waals surface area contributed by atoms with Gasteiger partial charge in [-0.3, -0.25) is 4.79 Å². The number of hydrogen-bond donors (Lipinski definition) is 2. The van der Waals surface area contributed by atoms with Crippen LogP contribution < -0.4 is 11.1 Å². The van der Waals surface area contributed by atoms with Crippen LogP contribution in [0.4, 0.5) is 0 Å². The average molecular weight is 421 g/mol. The fraction of sp³-hybridized carbons (Fsp3) is 0.611. The molecule has 0 aromatic heterocycles. The summed E-state index contributed by atoms with van der Waals surface area (Å²) in [5.74, 6) is 0.0705. The number of nitrogens with two attached hydrogens (primary N) is 1. The van der Waals surface area contributed by atoms with E-state index in [0.717, 1.165) is 25.7 Å². The molecule has 1 saturated carbocycles. The second-order valence-corrected chi connectivity index (χ2v) is 10.1. The van der Waals surface area contributed by atoms with Gasteiger partial charge in [-0.2, -0.15) is 0 Å². The van der Waals surface area contributed by atoms with Gasteiger partial charge in [-0.25, -0.2) is 8.42 Å². The van der Waals surface area contributed by atoms with Crippen molar-refractivity contribution in [2.45, 2.75) is 73.1 Å². The summed E-state index contributed by atoms with van der Waals surface area (Å²) in [5, 5.41) is 2.72. The van der Waals surface area contributed by atoms with Crippen molar-refractivity contribution in [3.63, 3.8) is 0 Å². The van der Waals surface area contributed by atoms with Gasteiger partial charge in [-0.1, -0.05) is 19.1 Å². The molecule has 1 aliphatic carbocycles. The van der Waals surface area contributed by atoms with Gasteiger partial charge in [0.15, 0.2) is 9.84 Å². The minimum absolute atomic E-state index is 0. The Kier molecular flexibility index (Phi) is 9.44. The number of hydrogen-bond acceptors (Lipinski definition) is 5. The lowest BCUT2D eigenvalue weighted by Crippen LogP contribution is -2.43. The van der Waals surface area contributed by atoms with Crippen molar-refractivity contribution in [3.8, 4) is 0 Å². The molecule has 2 rings (SSSR count). The molecule has 1 aliphatic rings. The van der Waals surface area contributed by atoms with Crippen LogP contribution in [0.3, 0.4) is 0 Å². The zero-order valence-corrected chi connectivity index (χ0v) is 17.8. The highest BCUT2D eigenvalue weighted by Gasteiger charge is 2.25. The van der Waals surface area contributed by atoms with Gasteiger partial charge in [0.2, 0.25) is 5.91 Å². The third kappa shape index (κ3) is 6.44. The van der Waals surface area contributed by atoms with Crippen molar-refractivity contribution in [2.75, 3.05) is 5.75 Å². The summed E-state index contributed by atoms with van der Waals surface area (Å²) in [7, 11) is -3.31. The first-order valence-electron chi connectivity index (χ1n) is 8.88. The molecule has 0 heterocycles. The van der Waals surface area contributed by atoms with Crippen molar-refractivity contribution in [1.82, 2.24) is 5.32 Å². The second kappa shape index (κ2) is 10.5. The summed E-state index contributed by atoms with van der Waals surface area (Å²) >= 11 is 1.30. The van der Waals surface area contributed by atoms with Gasteiger partial charge in [-0.05, 0) is 51.2 Å². The van der Waals surface area contributed by atoms with Crippen molar-refractivity contribution in [3.05, 3.63) is 24.3 Å². The van der Waals surface area contributed by atoms with E-state index in [2.05, 4.69) is 5.32 Å². The minimum atomic E-state index is -3.31. The van der Waals surface area contributed by atoms with Crippen LogP contribution >= 0.6 is 24.2 Å². The number of sulfone groups is 1. The zero-order chi connectivity index (χ0) is 18.4. The molecule has 5 nitrogen and oxygen atoms in total. The number of benzene rings is 1. The molecule has 3 N–H and O–H groups in total. The Bertz CT molecular complexity index is 689. The number of rotatable bonds is 7. The van der Waals surface area contributed by atoms with Gasteiger partial charge in [0.25, 0.3) is 0 Å². The Morgan fingerprint density at radius 3 is 2.50 bits per heavy atom. The fourth-order valence-corrected chi connectivity index (χ4v) is 5.85. The number of carbonyl (C=O) groups is 1. The highest BCUT2D eigenvalue weighted by atomic mass is 35.5. The van der Waals surface area contributed by atoms with E-state index in [9.17, 15) is 13.2 Å². The fourth-order valence-electron chi connectivity index (χ4n) is 3.01. The first-order chi connectivity index (χ1) is 11.8. The molecule has 148 valence electrons. The van der Waals surface area contributed by atoms with Gasteiger partial charge in [0.1, 0.15) is 0 Å². The lowest BCUT2D eigenvalue weighted by molar-refractivity contribution is -0.121. The molecule has 0 spiro atoms. The molecule has 0 aliphatic heterocycles. The molecule has 0 radical (unpaired) electrons. The van der Waals surface area contributed by atoms with Crippen LogP contribution in [-0.4, -0.2) is 37.4 Å². The lowest BCUT2D eigenvalue weighted by atomic mass is 9.92. The summed E-state index contributed by atoms with van der Waals surface area (Å²) in [6, 6.07) is 7.35. The molecule has 1 fully saturated rings. The van der Waals surface area contributed by atoms with Crippen molar-refractivity contribution in [2.24, 2.45) is 5.73 Å². The lowest BCUT2D eigenvalue weighted by Gasteiger charge is -2.27. The van der Waals surface area contributed by atoms with E-state index in [1.807, 2.05) is 13.8 Å². The molecule has 1 aromatic rings. The SMILES string of the molecule is CCCS(=O)(=O)c1ccccc1SC(C)C(=O)NC1CCC(N)CC1.Cl. The molecule has 0 saturated heterocycles. The van der Waals surface area contributed by atoms with E-state index in [1.165, 1.54) is 11.8 Å². The van der Waals surface area contributed by atoms with Crippen molar-refractivity contribution >= 4 is 39.9 Å². The normalized spacial score (nSPS) is 21.5. The highest BCUT2D eigenvalue weighted by Crippen LogP contribution is 2.31. The summed E-state index contributed by atoms with van der Waals surface area (Å²) in [6.07, 6.45) is 4.26. The van der Waals surface area contributed by atoms with Gasteiger partial charge in [0.05, 0.1) is 15.9 Å². The van der Waals surface area contributed by atoms with Crippen molar-refractivity contribution < 1.29 is 13.2 Å². The summed E-state index contributed by atoms with van der Waals surface area (Å²) in [6.45, 7) is 3.66. The largest absolute Gasteiger partial charge is 0.352 e. The number of amides is 1. The second-order valence-electron chi connectivity index (χ2n) is 6.65. The van der Waals surface area contributed by atoms with E-state index >= 15 is 0 Å². The number of carbonyl (C=O) groups excluding carboxylic acids is 1. The van der Waals surface area contributed by atoms with Gasteiger partial charge in [-0.15, -0.1) is 24.2 Å². The predicted molar refractivity (Wildman–Crippen MR) is 110 cm³/mol.